The molecule has 1 aromatic carbocycles. The number of hydrogen-bond acceptors (Lipinski definition) is 2. The first-order chi connectivity index (χ1) is 7.11. The van der Waals surface area contributed by atoms with Gasteiger partial charge >= 0.3 is 5.97 Å². The number of carboxylic acid groups (broad SMARTS) is 1. The van der Waals surface area contributed by atoms with Crippen molar-refractivity contribution in [3.8, 4) is 5.75 Å². The molecule has 0 aromatic heterocycles. The van der Waals surface area contributed by atoms with Crippen molar-refractivity contribution in [1.29, 1.82) is 0 Å². The van der Waals surface area contributed by atoms with Crippen LogP contribution in [0, 0.1) is 6.92 Å². The first-order valence-electron chi connectivity index (χ1n) is 4.98. The molecule has 1 aromatic rings. The minimum atomic E-state index is -0.741. The monoisotopic (exact) mass is 208 g/mol. The minimum absolute atomic E-state index is 0.219. The Bertz CT molecular complexity index is 345. The van der Waals surface area contributed by atoms with Gasteiger partial charge in [0, 0.05) is 6.42 Å². The number of hydrogen-bond donors (Lipinski definition) is 1. The Hall–Kier alpha value is -1.51. The maximum Gasteiger partial charge on any atom is 0.303 e. The van der Waals surface area contributed by atoms with E-state index >= 15 is 0 Å². The molecule has 1 N–H and O–H groups in total. The summed E-state index contributed by atoms with van der Waals surface area (Å²) in [5.74, 6) is 0.0925. The third-order valence-electron chi connectivity index (χ3n) is 2.20. The van der Waals surface area contributed by atoms with E-state index in [1.54, 1.807) is 7.11 Å². The van der Waals surface area contributed by atoms with E-state index in [4.69, 9.17) is 9.84 Å². The zero-order valence-corrected chi connectivity index (χ0v) is 9.12. The van der Waals surface area contributed by atoms with Crippen molar-refractivity contribution in [2.75, 3.05) is 7.11 Å². The van der Waals surface area contributed by atoms with E-state index in [9.17, 15) is 4.79 Å². The quantitative estimate of drug-likeness (QED) is 0.808. The molecule has 0 atom stereocenters. The number of methoxy groups -OCH3 is 1. The van der Waals surface area contributed by atoms with Gasteiger partial charge in [0.15, 0.2) is 0 Å². The Morgan fingerprint density at radius 2 is 2.13 bits per heavy atom. The lowest BCUT2D eigenvalue weighted by Gasteiger charge is -2.05. The maximum atomic E-state index is 10.4. The molecule has 0 saturated carbocycles. The van der Waals surface area contributed by atoms with E-state index in [0.29, 0.717) is 6.42 Å². The van der Waals surface area contributed by atoms with Gasteiger partial charge in [-0.25, -0.2) is 0 Å². The van der Waals surface area contributed by atoms with Gasteiger partial charge < -0.3 is 9.84 Å². The van der Waals surface area contributed by atoms with E-state index < -0.39 is 5.97 Å². The average molecular weight is 208 g/mol. The fourth-order valence-electron chi connectivity index (χ4n) is 1.53. The summed E-state index contributed by atoms with van der Waals surface area (Å²) in [5.41, 5.74) is 2.27. The standard InChI is InChI=1S/C12H16O3/c1-9-6-10(4-3-5-12(13)14)8-11(7-9)15-2/h6-8H,3-5H2,1-2H3,(H,13,14). The highest BCUT2D eigenvalue weighted by atomic mass is 16.5. The van der Waals surface area contributed by atoms with Gasteiger partial charge in [-0.05, 0) is 43.0 Å². The van der Waals surface area contributed by atoms with Crippen molar-refractivity contribution < 1.29 is 14.6 Å². The van der Waals surface area contributed by atoms with E-state index in [1.807, 2.05) is 19.1 Å². The van der Waals surface area contributed by atoms with Crippen LogP contribution in [-0.4, -0.2) is 18.2 Å². The predicted octanol–water partition coefficient (Wildman–Crippen LogP) is 2.41. The van der Waals surface area contributed by atoms with E-state index in [0.717, 1.165) is 23.3 Å². The summed E-state index contributed by atoms with van der Waals surface area (Å²) in [4.78, 5) is 10.4. The van der Waals surface area contributed by atoms with Crippen LogP contribution in [0.5, 0.6) is 5.75 Å². The lowest BCUT2D eigenvalue weighted by atomic mass is 10.1. The lowest BCUT2D eigenvalue weighted by Crippen LogP contribution is -1.96. The van der Waals surface area contributed by atoms with Gasteiger partial charge in [0.1, 0.15) is 5.75 Å². The summed E-state index contributed by atoms with van der Waals surface area (Å²) in [6, 6.07) is 5.97. The molecule has 0 spiro atoms. The molecular weight excluding hydrogens is 192 g/mol. The smallest absolute Gasteiger partial charge is 0.303 e. The van der Waals surface area contributed by atoms with Gasteiger partial charge in [-0.2, -0.15) is 0 Å². The molecule has 0 bridgehead atoms. The molecule has 0 unspecified atom stereocenters. The number of carbonyl (C=O) groups is 1. The SMILES string of the molecule is COc1cc(C)cc(CCCC(=O)O)c1. The van der Waals surface area contributed by atoms with E-state index in [-0.39, 0.29) is 6.42 Å². The van der Waals surface area contributed by atoms with Crippen LogP contribution in [0.15, 0.2) is 18.2 Å². The molecule has 0 aliphatic carbocycles. The van der Waals surface area contributed by atoms with Gasteiger partial charge in [0.25, 0.3) is 0 Å². The molecule has 0 fully saturated rings. The highest BCUT2D eigenvalue weighted by Gasteiger charge is 2.01. The fraction of sp³-hybridized carbons (Fsp3) is 0.417. The molecule has 0 amide bonds. The van der Waals surface area contributed by atoms with Crippen molar-refractivity contribution in [1.82, 2.24) is 0 Å². The van der Waals surface area contributed by atoms with Crippen LogP contribution < -0.4 is 4.74 Å². The molecule has 15 heavy (non-hydrogen) atoms. The van der Waals surface area contributed by atoms with Gasteiger partial charge in [0.2, 0.25) is 0 Å². The van der Waals surface area contributed by atoms with Crippen LogP contribution in [0.25, 0.3) is 0 Å². The van der Waals surface area contributed by atoms with Gasteiger partial charge in [-0.15, -0.1) is 0 Å². The maximum absolute atomic E-state index is 10.4. The van der Waals surface area contributed by atoms with Crippen molar-refractivity contribution in [2.24, 2.45) is 0 Å². The zero-order chi connectivity index (χ0) is 11.3. The normalized spacial score (nSPS) is 10.0. The highest BCUT2D eigenvalue weighted by Crippen LogP contribution is 2.17. The van der Waals surface area contributed by atoms with E-state index in [2.05, 4.69) is 6.07 Å². The Kier molecular flexibility index (Phi) is 4.16. The Labute approximate surface area is 89.7 Å². The van der Waals surface area contributed by atoms with Gasteiger partial charge in [-0.3, -0.25) is 4.79 Å². The number of rotatable bonds is 5. The highest BCUT2D eigenvalue weighted by molar-refractivity contribution is 5.66. The summed E-state index contributed by atoms with van der Waals surface area (Å²) in [6.07, 6.45) is 1.67. The summed E-state index contributed by atoms with van der Waals surface area (Å²) in [5, 5.41) is 8.52. The Morgan fingerprint density at radius 1 is 1.40 bits per heavy atom. The third-order valence-corrected chi connectivity index (χ3v) is 2.20. The summed E-state index contributed by atoms with van der Waals surface area (Å²) < 4.78 is 5.15. The van der Waals surface area contributed by atoms with Crippen molar-refractivity contribution in [2.45, 2.75) is 26.2 Å². The first-order valence-corrected chi connectivity index (χ1v) is 4.98. The third kappa shape index (κ3) is 4.02. The number of benzene rings is 1. The molecule has 1 rings (SSSR count). The second-order valence-electron chi connectivity index (χ2n) is 3.61. The van der Waals surface area contributed by atoms with Gasteiger partial charge in [0.05, 0.1) is 7.11 Å². The number of aryl methyl sites for hydroxylation is 2. The molecule has 3 heteroatoms. The zero-order valence-electron chi connectivity index (χ0n) is 9.12. The first kappa shape index (κ1) is 11.6. The second kappa shape index (κ2) is 5.39. The van der Waals surface area contributed by atoms with Crippen LogP contribution in [0.2, 0.25) is 0 Å². The molecular formula is C12H16O3. The van der Waals surface area contributed by atoms with Crippen molar-refractivity contribution >= 4 is 5.97 Å². The number of ether oxygens (including phenoxy) is 1. The number of aliphatic carboxylic acids is 1. The minimum Gasteiger partial charge on any atom is -0.497 e. The van der Waals surface area contributed by atoms with Crippen LogP contribution in [0.4, 0.5) is 0 Å². The molecule has 0 aliphatic rings. The van der Waals surface area contributed by atoms with Crippen LogP contribution >= 0.6 is 0 Å². The van der Waals surface area contributed by atoms with Crippen molar-refractivity contribution in [3.63, 3.8) is 0 Å². The Morgan fingerprint density at radius 3 is 2.73 bits per heavy atom. The summed E-state index contributed by atoms with van der Waals surface area (Å²) >= 11 is 0. The van der Waals surface area contributed by atoms with Crippen molar-refractivity contribution in [3.05, 3.63) is 29.3 Å². The second-order valence-corrected chi connectivity index (χ2v) is 3.61. The van der Waals surface area contributed by atoms with Crippen LogP contribution in [0.3, 0.4) is 0 Å². The topological polar surface area (TPSA) is 46.5 Å². The molecule has 0 saturated heterocycles. The summed E-state index contributed by atoms with van der Waals surface area (Å²) in [7, 11) is 1.63. The largest absolute Gasteiger partial charge is 0.497 e. The molecule has 0 radical (unpaired) electrons. The summed E-state index contributed by atoms with van der Waals surface area (Å²) in [6.45, 7) is 2.00. The lowest BCUT2D eigenvalue weighted by molar-refractivity contribution is -0.137. The van der Waals surface area contributed by atoms with Crippen LogP contribution in [-0.2, 0) is 11.2 Å². The fourth-order valence-corrected chi connectivity index (χ4v) is 1.53. The molecule has 82 valence electrons. The molecule has 0 aliphatic heterocycles. The molecule has 3 nitrogen and oxygen atoms in total. The number of carboxylic acids is 1. The molecule has 0 heterocycles. The van der Waals surface area contributed by atoms with E-state index in [1.165, 1.54) is 0 Å². The van der Waals surface area contributed by atoms with Crippen LogP contribution in [0.1, 0.15) is 24.0 Å². The van der Waals surface area contributed by atoms with Gasteiger partial charge in [-0.1, -0.05) is 6.07 Å². The predicted molar refractivity (Wildman–Crippen MR) is 58.3 cm³/mol. The average Bonchev–Trinajstić information content (AvgIpc) is 2.16. The Balaban J connectivity index is 2.60.